The molecule has 0 atom stereocenters. The van der Waals surface area contributed by atoms with Crippen LogP contribution in [0, 0.1) is 6.92 Å². The first-order chi connectivity index (χ1) is 19.3. The zero-order chi connectivity index (χ0) is 29.5. The number of hydrogen-bond acceptors (Lipinski definition) is 7. The Balaban J connectivity index is 1.45. The molecule has 2 aromatic heterocycles. The van der Waals surface area contributed by atoms with Crippen molar-refractivity contribution in [2.45, 2.75) is 23.1 Å². The minimum atomic E-state index is -3.31. The van der Waals surface area contributed by atoms with Gasteiger partial charge in [-0.3, -0.25) is 4.79 Å². The molecule has 0 bridgehead atoms. The van der Waals surface area contributed by atoms with Crippen molar-refractivity contribution in [1.29, 1.82) is 0 Å². The smallest absolute Gasteiger partial charge is 0.307 e. The highest BCUT2D eigenvalue weighted by atomic mass is 32.2. The highest BCUT2D eigenvalue weighted by molar-refractivity contribution is 7.91. The summed E-state index contributed by atoms with van der Waals surface area (Å²) in [5.41, 5.74) is 5.51. The minimum Gasteiger partial charge on any atom is -0.481 e. The van der Waals surface area contributed by atoms with E-state index in [0.29, 0.717) is 5.56 Å². The molecule has 5 aromatic rings. The molecule has 0 amide bonds. The van der Waals surface area contributed by atoms with E-state index in [1.807, 2.05) is 49.4 Å². The van der Waals surface area contributed by atoms with Crippen LogP contribution in [0.3, 0.4) is 0 Å². The second-order valence-corrected chi connectivity index (χ2v) is 16.0. The average Bonchev–Trinajstić information content (AvgIpc) is 3.51. The average molecular weight is 623 g/mol. The summed E-state index contributed by atoms with van der Waals surface area (Å²) in [4.78, 5) is 16.0. The number of thiophene rings is 2. The topological polar surface area (TPSA) is 106 Å². The summed E-state index contributed by atoms with van der Waals surface area (Å²) in [5.74, 6) is -0.925. The lowest BCUT2D eigenvalue weighted by Crippen LogP contribution is -1.99. The first-order valence-corrected chi connectivity index (χ1v) is 17.9. The molecule has 210 valence electrons. The van der Waals surface area contributed by atoms with Gasteiger partial charge in [0.2, 0.25) is 0 Å². The summed E-state index contributed by atoms with van der Waals surface area (Å²) in [6.07, 6.45) is 2.23. The molecule has 0 saturated heterocycles. The van der Waals surface area contributed by atoms with Crippen LogP contribution in [0.2, 0.25) is 0 Å². The number of hydrogen-bond donors (Lipinski definition) is 1. The van der Waals surface area contributed by atoms with Crippen LogP contribution in [0.4, 0.5) is 0 Å². The van der Waals surface area contributed by atoms with Gasteiger partial charge in [-0.25, -0.2) is 16.8 Å². The van der Waals surface area contributed by atoms with E-state index in [4.69, 9.17) is 0 Å². The highest BCUT2D eigenvalue weighted by Crippen LogP contribution is 2.42. The summed E-state index contributed by atoms with van der Waals surface area (Å²) in [5, 5.41) is 9.53. The third-order valence-electron chi connectivity index (χ3n) is 6.61. The number of rotatable bonds is 8. The zero-order valence-electron chi connectivity index (χ0n) is 22.4. The fourth-order valence-electron chi connectivity index (χ4n) is 4.53. The van der Waals surface area contributed by atoms with E-state index in [0.717, 1.165) is 53.6 Å². The predicted octanol–water partition coefficient (Wildman–Crippen LogP) is 7.22. The maximum Gasteiger partial charge on any atom is 0.307 e. The van der Waals surface area contributed by atoms with Crippen molar-refractivity contribution in [3.63, 3.8) is 0 Å². The second-order valence-electron chi connectivity index (χ2n) is 9.83. The Hall–Kier alpha value is -3.57. The fraction of sp³-hybridized carbons (Fsp3) is 0.129. The molecule has 41 heavy (non-hydrogen) atoms. The second kappa shape index (κ2) is 11.0. The first kappa shape index (κ1) is 28.9. The van der Waals surface area contributed by atoms with E-state index in [9.17, 15) is 26.7 Å². The standard InChI is InChI=1S/C31H26O6S4/c1-19-16-27(20-8-12-25(13-9-20)40(2,34)35)38-30(19)22-4-6-23(7-5-22)31-24(18-29(32)33)17-28(39-31)21-10-14-26(15-11-21)41(3,36)37/h4-17H,18H2,1-3H3,(H,32,33). The van der Waals surface area contributed by atoms with Gasteiger partial charge in [-0.2, -0.15) is 0 Å². The summed E-state index contributed by atoms with van der Waals surface area (Å²) in [6.45, 7) is 2.04. The zero-order valence-corrected chi connectivity index (χ0v) is 25.7. The lowest BCUT2D eigenvalue weighted by molar-refractivity contribution is -0.136. The number of aliphatic carboxylic acids is 1. The van der Waals surface area contributed by atoms with E-state index in [-0.39, 0.29) is 16.2 Å². The van der Waals surface area contributed by atoms with Crippen molar-refractivity contribution >= 4 is 48.3 Å². The Morgan fingerprint density at radius 1 is 0.634 bits per heavy atom. The molecule has 0 aliphatic rings. The van der Waals surface area contributed by atoms with Gasteiger partial charge in [0.15, 0.2) is 19.7 Å². The van der Waals surface area contributed by atoms with Gasteiger partial charge in [-0.15, -0.1) is 22.7 Å². The molecule has 0 radical (unpaired) electrons. The number of sulfone groups is 2. The molecule has 0 unspecified atom stereocenters. The van der Waals surface area contributed by atoms with E-state index >= 15 is 0 Å². The van der Waals surface area contributed by atoms with Crippen molar-refractivity contribution < 1.29 is 26.7 Å². The van der Waals surface area contributed by atoms with Crippen LogP contribution in [0.25, 0.3) is 41.8 Å². The Labute approximate surface area is 247 Å². The predicted molar refractivity (Wildman–Crippen MR) is 166 cm³/mol. The van der Waals surface area contributed by atoms with Gasteiger partial charge < -0.3 is 5.11 Å². The van der Waals surface area contributed by atoms with Crippen molar-refractivity contribution in [3.8, 4) is 41.8 Å². The van der Waals surface area contributed by atoms with Crippen LogP contribution in [0.1, 0.15) is 11.1 Å². The van der Waals surface area contributed by atoms with E-state index in [1.165, 1.54) is 17.6 Å². The van der Waals surface area contributed by atoms with Gasteiger partial charge >= 0.3 is 5.97 Å². The summed E-state index contributed by atoms with van der Waals surface area (Å²) < 4.78 is 47.3. The van der Waals surface area contributed by atoms with Crippen molar-refractivity contribution in [1.82, 2.24) is 0 Å². The lowest BCUT2D eigenvalue weighted by atomic mass is 10.0. The molecule has 0 spiro atoms. The third kappa shape index (κ3) is 6.36. The monoisotopic (exact) mass is 622 g/mol. The van der Waals surface area contributed by atoms with Crippen LogP contribution in [-0.4, -0.2) is 40.4 Å². The van der Waals surface area contributed by atoms with Gasteiger partial charge in [0.25, 0.3) is 0 Å². The van der Waals surface area contributed by atoms with Crippen molar-refractivity contribution in [3.05, 3.63) is 96.1 Å². The van der Waals surface area contributed by atoms with E-state index < -0.39 is 25.6 Å². The number of carboxylic acids is 1. The molecule has 0 fully saturated rings. The largest absolute Gasteiger partial charge is 0.481 e. The Morgan fingerprint density at radius 2 is 1.02 bits per heavy atom. The molecule has 6 nitrogen and oxygen atoms in total. The summed E-state index contributed by atoms with van der Waals surface area (Å²) in [6, 6.07) is 25.5. The normalized spacial score (nSPS) is 12.0. The van der Waals surface area contributed by atoms with Crippen LogP contribution in [0.15, 0.2) is 94.7 Å². The van der Waals surface area contributed by atoms with Crippen LogP contribution >= 0.6 is 22.7 Å². The number of carboxylic acid groups (broad SMARTS) is 1. The molecule has 5 rings (SSSR count). The Morgan fingerprint density at radius 3 is 1.46 bits per heavy atom. The first-order valence-electron chi connectivity index (χ1n) is 12.5. The molecule has 0 saturated carbocycles. The van der Waals surface area contributed by atoms with Crippen molar-refractivity contribution in [2.75, 3.05) is 12.5 Å². The van der Waals surface area contributed by atoms with Gasteiger partial charge in [0.1, 0.15) is 0 Å². The number of carbonyl (C=O) groups is 1. The number of benzene rings is 3. The van der Waals surface area contributed by atoms with Crippen LogP contribution in [-0.2, 0) is 30.9 Å². The molecule has 2 heterocycles. The Bertz CT molecular complexity index is 1960. The van der Waals surface area contributed by atoms with E-state index in [1.54, 1.807) is 47.7 Å². The van der Waals surface area contributed by atoms with Crippen molar-refractivity contribution in [2.24, 2.45) is 0 Å². The lowest BCUT2D eigenvalue weighted by Gasteiger charge is -2.05. The Kier molecular flexibility index (Phi) is 7.78. The summed E-state index contributed by atoms with van der Waals surface area (Å²) >= 11 is 3.11. The molecule has 1 N–H and O–H groups in total. The fourth-order valence-corrected chi connectivity index (χ4v) is 8.16. The maximum absolute atomic E-state index is 11.8. The molecule has 3 aromatic carbocycles. The minimum absolute atomic E-state index is 0.124. The van der Waals surface area contributed by atoms with Gasteiger partial charge in [0.05, 0.1) is 16.2 Å². The van der Waals surface area contributed by atoms with E-state index in [2.05, 4.69) is 6.07 Å². The maximum atomic E-state index is 11.8. The third-order valence-corrected chi connectivity index (χ3v) is 11.5. The quantitative estimate of drug-likeness (QED) is 0.196. The molecular weight excluding hydrogens is 597 g/mol. The van der Waals surface area contributed by atoms with Gasteiger partial charge in [0, 0.05) is 32.0 Å². The molecular formula is C31H26O6S4. The van der Waals surface area contributed by atoms with Crippen LogP contribution < -0.4 is 0 Å². The highest BCUT2D eigenvalue weighted by Gasteiger charge is 2.17. The SMILES string of the molecule is Cc1cc(-c2ccc(S(C)(=O)=O)cc2)sc1-c1ccc(-c2sc(-c3ccc(S(C)(=O)=O)cc3)cc2CC(=O)O)cc1. The van der Waals surface area contributed by atoms with Crippen LogP contribution in [0.5, 0.6) is 0 Å². The molecule has 10 heteroatoms. The van der Waals surface area contributed by atoms with Gasteiger partial charge in [-0.05, 0) is 76.7 Å². The van der Waals surface area contributed by atoms with Gasteiger partial charge in [-0.1, -0.05) is 48.5 Å². The molecule has 0 aliphatic heterocycles. The molecule has 0 aliphatic carbocycles. The number of aryl methyl sites for hydroxylation is 1. The summed E-state index contributed by atoms with van der Waals surface area (Å²) in [7, 11) is -6.57.